The minimum Gasteiger partial charge on any atom is -0.466 e. The van der Waals surface area contributed by atoms with Gasteiger partial charge in [-0.05, 0) is 34.4 Å². The van der Waals surface area contributed by atoms with Crippen molar-refractivity contribution in [3.05, 3.63) is 88.7 Å². The van der Waals surface area contributed by atoms with Crippen molar-refractivity contribution < 1.29 is 18.7 Å². The standard InChI is InChI=1S/C26H23FN2O3/c27-18-13-17-15-31-16-32-25(17)23(14-18)26(30)29-11-9-28(10-12-29)24-21-7-3-1-5-19(21)20-6-2-4-8-22(20)24/h1-8,13-14,24H,9-12,15-16H2. The van der Waals surface area contributed by atoms with Gasteiger partial charge in [-0.1, -0.05) is 48.5 Å². The quantitative estimate of drug-likeness (QED) is 0.611. The summed E-state index contributed by atoms with van der Waals surface area (Å²) in [5.74, 6) is -0.183. The van der Waals surface area contributed by atoms with Gasteiger partial charge in [0.25, 0.3) is 5.91 Å². The van der Waals surface area contributed by atoms with E-state index in [0.29, 0.717) is 24.4 Å². The van der Waals surface area contributed by atoms with Crippen molar-refractivity contribution in [3.63, 3.8) is 0 Å². The Labute approximate surface area is 186 Å². The van der Waals surface area contributed by atoms with Crippen LogP contribution in [-0.4, -0.2) is 48.7 Å². The number of ether oxygens (including phenoxy) is 2. The first kappa shape index (κ1) is 19.5. The number of hydrogen-bond donors (Lipinski definition) is 0. The van der Waals surface area contributed by atoms with Gasteiger partial charge in [0.2, 0.25) is 0 Å². The van der Waals surface area contributed by atoms with E-state index >= 15 is 0 Å². The van der Waals surface area contributed by atoms with Crippen LogP contribution >= 0.6 is 0 Å². The molecule has 0 atom stereocenters. The lowest BCUT2D eigenvalue weighted by Crippen LogP contribution is -2.49. The fourth-order valence-electron chi connectivity index (χ4n) is 5.21. The lowest BCUT2D eigenvalue weighted by molar-refractivity contribution is -0.0173. The molecule has 5 nitrogen and oxygen atoms in total. The molecular weight excluding hydrogens is 407 g/mol. The third kappa shape index (κ3) is 3.10. The first-order valence-corrected chi connectivity index (χ1v) is 11.0. The van der Waals surface area contributed by atoms with Crippen LogP contribution in [0.3, 0.4) is 0 Å². The first-order chi connectivity index (χ1) is 15.7. The zero-order valence-electron chi connectivity index (χ0n) is 17.6. The second-order valence-corrected chi connectivity index (χ2v) is 8.46. The minimum absolute atomic E-state index is 0.0766. The molecule has 0 unspecified atom stereocenters. The van der Waals surface area contributed by atoms with Gasteiger partial charge in [-0.15, -0.1) is 0 Å². The molecule has 0 aromatic heterocycles. The number of nitrogens with zero attached hydrogens (tertiary/aromatic N) is 2. The van der Waals surface area contributed by atoms with Gasteiger partial charge in [-0.3, -0.25) is 9.69 Å². The molecule has 0 spiro atoms. The van der Waals surface area contributed by atoms with Crippen molar-refractivity contribution in [1.29, 1.82) is 0 Å². The molecule has 6 rings (SSSR count). The molecule has 162 valence electrons. The van der Waals surface area contributed by atoms with Gasteiger partial charge in [0.1, 0.15) is 11.6 Å². The van der Waals surface area contributed by atoms with E-state index in [0.717, 1.165) is 13.1 Å². The van der Waals surface area contributed by atoms with Crippen LogP contribution in [-0.2, 0) is 11.3 Å². The predicted octanol–water partition coefficient (Wildman–Crippen LogP) is 4.22. The summed E-state index contributed by atoms with van der Waals surface area (Å²) in [5.41, 5.74) is 6.09. The lowest BCUT2D eigenvalue weighted by atomic mass is 10.0. The Kier molecular flexibility index (Phi) is 4.70. The highest BCUT2D eigenvalue weighted by molar-refractivity contribution is 5.97. The average molecular weight is 430 g/mol. The number of piperazine rings is 1. The molecule has 1 fully saturated rings. The maximum atomic E-state index is 14.1. The first-order valence-electron chi connectivity index (χ1n) is 11.0. The number of rotatable bonds is 2. The molecule has 1 saturated heterocycles. The van der Waals surface area contributed by atoms with Gasteiger partial charge in [-0.25, -0.2) is 4.39 Å². The van der Waals surface area contributed by atoms with Crippen LogP contribution in [0.15, 0.2) is 60.7 Å². The van der Waals surface area contributed by atoms with Crippen LogP contribution in [0.1, 0.15) is 33.1 Å². The molecule has 0 radical (unpaired) electrons. The van der Waals surface area contributed by atoms with Crippen molar-refractivity contribution in [2.24, 2.45) is 0 Å². The summed E-state index contributed by atoms with van der Waals surface area (Å²) in [6.07, 6.45) is 0. The number of carbonyl (C=O) groups excluding carboxylic acids is 1. The number of fused-ring (bicyclic) bond motifs is 4. The maximum Gasteiger partial charge on any atom is 0.257 e. The van der Waals surface area contributed by atoms with Gasteiger partial charge in [0, 0.05) is 31.7 Å². The van der Waals surface area contributed by atoms with Crippen LogP contribution in [0, 0.1) is 5.82 Å². The maximum absolute atomic E-state index is 14.1. The van der Waals surface area contributed by atoms with Crippen LogP contribution in [0.5, 0.6) is 5.75 Å². The van der Waals surface area contributed by atoms with Gasteiger partial charge in [0.05, 0.1) is 18.2 Å². The topological polar surface area (TPSA) is 42.0 Å². The SMILES string of the molecule is O=C(c1cc(F)cc2c1OCOC2)N1CCN(C2c3ccccc3-c3ccccc32)CC1. The van der Waals surface area contributed by atoms with Gasteiger partial charge in [0.15, 0.2) is 6.79 Å². The molecule has 3 aromatic rings. The number of amides is 1. The highest BCUT2D eigenvalue weighted by Gasteiger charge is 2.35. The van der Waals surface area contributed by atoms with E-state index in [9.17, 15) is 9.18 Å². The predicted molar refractivity (Wildman–Crippen MR) is 118 cm³/mol. The Morgan fingerprint density at radius 1 is 0.906 bits per heavy atom. The van der Waals surface area contributed by atoms with E-state index in [1.54, 1.807) is 4.90 Å². The molecule has 3 aliphatic rings. The summed E-state index contributed by atoms with van der Waals surface area (Å²) in [7, 11) is 0. The summed E-state index contributed by atoms with van der Waals surface area (Å²) in [4.78, 5) is 17.5. The molecule has 1 aliphatic carbocycles. The Morgan fingerprint density at radius 2 is 1.56 bits per heavy atom. The Bertz CT molecular complexity index is 1160. The van der Waals surface area contributed by atoms with Gasteiger partial charge >= 0.3 is 0 Å². The van der Waals surface area contributed by atoms with Crippen molar-refractivity contribution in [2.45, 2.75) is 12.6 Å². The Morgan fingerprint density at radius 3 is 2.25 bits per heavy atom. The number of halogens is 1. The second kappa shape index (κ2) is 7.73. The summed E-state index contributed by atoms with van der Waals surface area (Å²) >= 11 is 0. The molecule has 32 heavy (non-hydrogen) atoms. The summed E-state index contributed by atoms with van der Waals surface area (Å²) in [6, 6.07) is 20.0. The fourth-order valence-corrected chi connectivity index (χ4v) is 5.21. The highest BCUT2D eigenvalue weighted by Crippen LogP contribution is 2.46. The zero-order chi connectivity index (χ0) is 21.7. The van der Waals surface area contributed by atoms with Gasteiger partial charge < -0.3 is 14.4 Å². The number of benzene rings is 3. The zero-order valence-corrected chi connectivity index (χ0v) is 17.6. The third-order valence-corrected chi connectivity index (χ3v) is 6.67. The van der Waals surface area contributed by atoms with E-state index in [1.807, 2.05) is 0 Å². The molecule has 0 N–H and O–H groups in total. The molecule has 2 aliphatic heterocycles. The van der Waals surface area contributed by atoms with Crippen LogP contribution in [0.2, 0.25) is 0 Å². The Hall–Kier alpha value is -3.22. The molecule has 0 bridgehead atoms. The largest absolute Gasteiger partial charge is 0.466 e. The van der Waals surface area contributed by atoms with Crippen LogP contribution < -0.4 is 4.74 Å². The Balaban J connectivity index is 1.24. The minimum atomic E-state index is -0.445. The molecule has 3 aromatic carbocycles. The monoisotopic (exact) mass is 430 g/mol. The van der Waals surface area contributed by atoms with Crippen molar-refractivity contribution in [3.8, 4) is 16.9 Å². The molecule has 1 amide bonds. The highest BCUT2D eigenvalue weighted by atomic mass is 19.1. The average Bonchev–Trinajstić information content (AvgIpc) is 3.18. The summed E-state index contributed by atoms with van der Waals surface area (Å²) in [5, 5.41) is 0. The van der Waals surface area contributed by atoms with E-state index in [4.69, 9.17) is 9.47 Å². The number of carbonyl (C=O) groups is 1. The second-order valence-electron chi connectivity index (χ2n) is 8.46. The normalized spacial score (nSPS) is 18.0. The van der Waals surface area contributed by atoms with Crippen LogP contribution in [0.25, 0.3) is 11.1 Å². The molecule has 6 heteroatoms. The third-order valence-electron chi connectivity index (χ3n) is 6.67. The van der Waals surface area contributed by atoms with E-state index < -0.39 is 5.82 Å². The van der Waals surface area contributed by atoms with E-state index in [-0.39, 0.29) is 30.9 Å². The van der Waals surface area contributed by atoms with Crippen LogP contribution in [0.4, 0.5) is 4.39 Å². The summed E-state index contributed by atoms with van der Waals surface area (Å²) in [6.45, 7) is 3.00. The summed E-state index contributed by atoms with van der Waals surface area (Å²) < 4.78 is 24.9. The lowest BCUT2D eigenvalue weighted by Gasteiger charge is -2.39. The van der Waals surface area contributed by atoms with Crippen molar-refractivity contribution in [2.75, 3.05) is 33.0 Å². The van der Waals surface area contributed by atoms with E-state index in [1.165, 1.54) is 34.4 Å². The van der Waals surface area contributed by atoms with Crippen molar-refractivity contribution in [1.82, 2.24) is 9.80 Å². The fraction of sp³-hybridized carbons (Fsp3) is 0.269. The van der Waals surface area contributed by atoms with Gasteiger partial charge in [-0.2, -0.15) is 0 Å². The van der Waals surface area contributed by atoms with Crippen molar-refractivity contribution >= 4 is 5.91 Å². The molecule has 0 saturated carbocycles. The molecular formula is C26H23FN2O3. The molecule has 2 heterocycles. The smallest absolute Gasteiger partial charge is 0.257 e. The van der Waals surface area contributed by atoms with E-state index in [2.05, 4.69) is 53.4 Å². The number of hydrogen-bond acceptors (Lipinski definition) is 4.